The van der Waals surface area contributed by atoms with Crippen LogP contribution in [-0.4, -0.2) is 34.4 Å². The first-order valence-corrected chi connectivity index (χ1v) is 8.85. The SMILES string of the molecule is O=C1CC2(CCCN(Cc3ccc(=O)[nH]c3)CC2)Oc2ccccc21. The zero-order valence-electron chi connectivity index (χ0n) is 14.2. The average molecular weight is 338 g/mol. The Hall–Kier alpha value is -2.40. The first-order valence-electron chi connectivity index (χ1n) is 8.85. The second-order valence-electron chi connectivity index (χ2n) is 7.07. The Morgan fingerprint density at radius 3 is 2.80 bits per heavy atom. The fourth-order valence-electron chi connectivity index (χ4n) is 3.90. The lowest BCUT2D eigenvalue weighted by Crippen LogP contribution is -2.42. The minimum Gasteiger partial charge on any atom is -0.486 e. The Morgan fingerprint density at radius 1 is 1.08 bits per heavy atom. The number of aromatic amines is 1. The van der Waals surface area contributed by atoms with Gasteiger partial charge in [0, 0.05) is 31.8 Å². The van der Waals surface area contributed by atoms with Gasteiger partial charge in [-0.1, -0.05) is 18.2 Å². The minimum absolute atomic E-state index is 0.0775. The molecular weight excluding hydrogens is 316 g/mol. The maximum absolute atomic E-state index is 12.5. The Balaban J connectivity index is 1.47. The van der Waals surface area contributed by atoms with E-state index in [1.807, 2.05) is 30.3 Å². The van der Waals surface area contributed by atoms with E-state index in [-0.39, 0.29) is 16.9 Å². The molecule has 0 amide bonds. The van der Waals surface area contributed by atoms with Crippen LogP contribution in [0.5, 0.6) is 5.75 Å². The largest absolute Gasteiger partial charge is 0.486 e. The number of fused-ring (bicyclic) bond motifs is 1. The summed E-state index contributed by atoms with van der Waals surface area (Å²) in [6.45, 7) is 2.66. The van der Waals surface area contributed by atoms with E-state index in [2.05, 4.69) is 9.88 Å². The molecule has 1 aromatic carbocycles. The number of rotatable bonds is 2. The normalized spacial score (nSPS) is 23.8. The van der Waals surface area contributed by atoms with Crippen LogP contribution in [0.1, 0.15) is 41.6 Å². The number of aromatic nitrogens is 1. The molecule has 1 aromatic heterocycles. The number of benzene rings is 1. The lowest BCUT2D eigenvalue weighted by molar-refractivity contribution is 0.0299. The minimum atomic E-state index is -0.370. The molecule has 1 saturated heterocycles. The second kappa shape index (κ2) is 6.48. The number of ether oxygens (including phenoxy) is 1. The summed E-state index contributed by atoms with van der Waals surface area (Å²) in [6.07, 6.45) is 4.99. The molecule has 1 N–H and O–H groups in total. The summed E-state index contributed by atoms with van der Waals surface area (Å²) < 4.78 is 6.33. The van der Waals surface area contributed by atoms with Crippen LogP contribution in [0, 0.1) is 0 Å². The van der Waals surface area contributed by atoms with Crippen LogP contribution in [-0.2, 0) is 6.54 Å². The number of pyridine rings is 1. The third kappa shape index (κ3) is 3.37. The summed E-state index contributed by atoms with van der Waals surface area (Å²) in [5, 5.41) is 0. The van der Waals surface area contributed by atoms with Gasteiger partial charge < -0.3 is 9.72 Å². The Bertz CT molecular complexity index is 824. The lowest BCUT2D eigenvalue weighted by atomic mass is 9.84. The highest BCUT2D eigenvalue weighted by Crippen LogP contribution is 2.39. The van der Waals surface area contributed by atoms with Gasteiger partial charge in [0.15, 0.2) is 5.78 Å². The van der Waals surface area contributed by atoms with Crippen LogP contribution >= 0.6 is 0 Å². The van der Waals surface area contributed by atoms with Crippen LogP contribution in [0.25, 0.3) is 0 Å². The maximum Gasteiger partial charge on any atom is 0.247 e. The standard InChI is InChI=1S/C20H22N2O3/c23-17-12-20(25-18-5-2-1-4-16(17)18)8-3-10-22(11-9-20)14-15-6-7-19(24)21-13-15/h1-2,4-7,13H,3,8-12,14H2,(H,21,24). The van der Waals surface area contributed by atoms with E-state index in [0.29, 0.717) is 12.0 Å². The van der Waals surface area contributed by atoms with Crippen molar-refractivity contribution < 1.29 is 9.53 Å². The summed E-state index contributed by atoms with van der Waals surface area (Å²) in [7, 11) is 0. The molecule has 2 aliphatic rings. The smallest absolute Gasteiger partial charge is 0.247 e. The zero-order chi connectivity index (χ0) is 17.3. The highest BCUT2D eigenvalue weighted by atomic mass is 16.5. The quantitative estimate of drug-likeness (QED) is 0.915. The van der Waals surface area contributed by atoms with Crippen molar-refractivity contribution in [2.75, 3.05) is 13.1 Å². The number of para-hydroxylation sites is 1. The molecule has 4 rings (SSSR count). The van der Waals surface area contributed by atoms with Gasteiger partial charge >= 0.3 is 0 Å². The highest BCUT2D eigenvalue weighted by molar-refractivity contribution is 6.00. The van der Waals surface area contributed by atoms with Gasteiger partial charge in [-0.05, 0) is 37.1 Å². The fraction of sp³-hybridized carbons (Fsp3) is 0.400. The number of carbonyl (C=O) groups excluding carboxylic acids is 1. The van der Waals surface area contributed by atoms with Crippen molar-refractivity contribution in [2.24, 2.45) is 0 Å². The van der Waals surface area contributed by atoms with Gasteiger partial charge in [-0.2, -0.15) is 0 Å². The number of ketones is 1. The zero-order valence-corrected chi connectivity index (χ0v) is 14.2. The molecule has 0 aliphatic carbocycles. The molecule has 130 valence electrons. The van der Waals surface area contributed by atoms with Crippen molar-refractivity contribution >= 4 is 5.78 Å². The number of hydrogen-bond donors (Lipinski definition) is 1. The molecule has 3 heterocycles. The highest BCUT2D eigenvalue weighted by Gasteiger charge is 2.41. The van der Waals surface area contributed by atoms with Crippen molar-refractivity contribution in [3.8, 4) is 5.75 Å². The fourth-order valence-corrected chi connectivity index (χ4v) is 3.90. The molecule has 0 saturated carbocycles. The summed E-state index contributed by atoms with van der Waals surface area (Å²) >= 11 is 0. The number of hydrogen-bond acceptors (Lipinski definition) is 4. The topological polar surface area (TPSA) is 62.4 Å². The molecular formula is C20H22N2O3. The Morgan fingerprint density at radius 2 is 1.96 bits per heavy atom. The van der Waals surface area contributed by atoms with E-state index in [0.717, 1.165) is 50.2 Å². The summed E-state index contributed by atoms with van der Waals surface area (Å²) in [6, 6.07) is 11.0. The van der Waals surface area contributed by atoms with E-state index >= 15 is 0 Å². The third-order valence-corrected chi connectivity index (χ3v) is 5.24. The van der Waals surface area contributed by atoms with E-state index < -0.39 is 0 Å². The molecule has 1 spiro atoms. The van der Waals surface area contributed by atoms with Gasteiger partial charge in [-0.3, -0.25) is 14.5 Å². The molecule has 2 aliphatic heterocycles. The number of Topliss-reactive ketones (excluding diaryl/α,β-unsaturated/α-hetero) is 1. The summed E-state index contributed by atoms with van der Waals surface area (Å²) in [4.78, 5) is 28.8. The first-order chi connectivity index (χ1) is 12.1. The lowest BCUT2D eigenvalue weighted by Gasteiger charge is -2.37. The Labute approximate surface area is 146 Å². The number of carbonyl (C=O) groups is 1. The van der Waals surface area contributed by atoms with Crippen molar-refractivity contribution in [2.45, 2.75) is 37.8 Å². The van der Waals surface area contributed by atoms with Gasteiger partial charge in [0.25, 0.3) is 0 Å². The molecule has 2 aromatic rings. The average Bonchev–Trinajstić information content (AvgIpc) is 2.79. The van der Waals surface area contributed by atoms with Crippen molar-refractivity contribution in [1.29, 1.82) is 0 Å². The number of nitrogens with one attached hydrogen (secondary N) is 1. The predicted octanol–water partition coefficient (Wildman–Crippen LogP) is 2.77. The van der Waals surface area contributed by atoms with E-state index in [4.69, 9.17) is 4.74 Å². The molecule has 25 heavy (non-hydrogen) atoms. The molecule has 0 bridgehead atoms. The molecule has 0 radical (unpaired) electrons. The maximum atomic E-state index is 12.5. The van der Waals surface area contributed by atoms with Crippen LogP contribution < -0.4 is 10.3 Å². The first kappa shape index (κ1) is 16.1. The van der Waals surface area contributed by atoms with Crippen molar-refractivity contribution in [1.82, 2.24) is 9.88 Å². The molecule has 1 fully saturated rings. The van der Waals surface area contributed by atoms with Crippen molar-refractivity contribution in [3.05, 3.63) is 64.1 Å². The van der Waals surface area contributed by atoms with Gasteiger partial charge in [0.1, 0.15) is 11.4 Å². The van der Waals surface area contributed by atoms with Crippen LogP contribution in [0.2, 0.25) is 0 Å². The third-order valence-electron chi connectivity index (χ3n) is 5.24. The Kier molecular flexibility index (Phi) is 4.17. The van der Waals surface area contributed by atoms with E-state index in [1.165, 1.54) is 0 Å². The molecule has 5 heteroatoms. The van der Waals surface area contributed by atoms with E-state index in [9.17, 15) is 9.59 Å². The molecule has 5 nitrogen and oxygen atoms in total. The molecule has 1 unspecified atom stereocenters. The van der Waals surface area contributed by atoms with E-state index in [1.54, 1.807) is 12.3 Å². The summed E-state index contributed by atoms with van der Waals surface area (Å²) in [5.74, 6) is 0.920. The summed E-state index contributed by atoms with van der Waals surface area (Å²) in [5.41, 5.74) is 1.36. The molecule has 1 atom stereocenters. The van der Waals surface area contributed by atoms with Crippen LogP contribution in [0.15, 0.2) is 47.4 Å². The monoisotopic (exact) mass is 338 g/mol. The van der Waals surface area contributed by atoms with Gasteiger partial charge in [-0.15, -0.1) is 0 Å². The van der Waals surface area contributed by atoms with Gasteiger partial charge in [0.05, 0.1) is 12.0 Å². The number of H-pyrrole nitrogens is 1. The van der Waals surface area contributed by atoms with Gasteiger partial charge in [-0.25, -0.2) is 0 Å². The van der Waals surface area contributed by atoms with Crippen molar-refractivity contribution in [3.63, 3.8) is 0 Å². The van der Waals surface area contributed by atoms with Crippen LogP contribution in [0.3, 0.4) is 0 Å². The van der Waals surface area contributed by atoms with Crippen LogP contribution in [0.4, 0.5) is 0 Å². The number of nitrogens with zero attached hydrogens (tertiary/aromatic N) is 1. The number of likely N-dealkylation sites (tertiary alicyclic amines) is 1. The predicted molar refractivity (Wildman–Crippen MR) is 94.9 cm³/mol. The van der Waals surface area contributed by atoms with Gasteiger partial charge in [0.2, 0.25) is 5.56 Å². The second-order valence-corrected chi connectivity index (χ2v) is 7.07.